The molecule has 0 atom stereocenters. The molecule has 1 fully saturated rings. The standard InChI is InChI=1S/C13H23N3OS/c1-11-10-18-13(14-11)9-16(7-8-17)12-3-5-15(2)6-4-12/h10,12,17H,3-9H2,1-2H3. The monoisotopic (exact) mass is 269 g/mol. The van der Waals surface area contributed by atoms with Crippen molar-refractivity contribution in [3.63, 3.8) is 0 Å². The molecule has 1 aliphatic rings. The van der Waals surface area contributed by atoms with Gasteiger partial charge in [-0.3, -0.25) is 4.90 Å². The second-order valence-electron chi connectivity index (χ2n) is 5.11. The van der Waals surface area contributed by atoms with E-state index in [9.17, 15) is 5.11 Å². The number of nitrogens with zero attached hydrogens (tertiary/aromatic N) is 3. The normalized spacial score (nSPS) is 18.7. The Bertz CT molecular complexity index is 361. The van der Waals surface area contributed by atoms with Crippen LogP contribution < -0.4 is 0 Å². The molecule has 1 N–H and O–H groups in total. The first-order chi connectivity index (χ1) is 8.69. The third kappa shape index (κ3) is 3.75. The fourth-order valence-corrected chi connectivity index (χ4v) is 3.32. The number of thiazole rings is 1. The SMILES string of the molecule is Cc1csc(CN(CCO)C2CCN(C)CC2)n1. The van der Waals surface area contributed by atoms with Crippen molar-refractivity contribution < 1.29 is 5.11 Å². The van der Waals surface area contributed by atoms with Gasteiger partial charge < -0.3 is 10.0 Å². The van der Waals surface area contributed by atoms with E-state index in [2.05, 4.69) is 27.2 Å². The summed E-state index contributed by atoms with van der Waals surface area (Å²) in [6.07, 6.45) is 2.39. The lowest BCUT2D eigenvalue weighted by Crippen LogP contribution is -2.44. The Hall–Kier alpha value is -0.490. The molecule has 1 saturated heterocycles. The zero-order chi connectivity index (χ0) is 13.0. The predicted molar refractivity (Wildman–Crippen MR) is 74.9 cm³/mol. The summed E-state index contributed by atoms with van der Waals surface area (Å²) in [6, 6.07) is 0.595. The Morgan fingerprint density at radius 1 is 1.50 bits per heavy atom. The molecule has 18 heavy (non-hydrogen) atoms. The Kier molecular flexibility index (Phi) is 5.12. The highest BCUT2D eigenvalue weighted by Crippen LogP contribution is 2.19. The molecule has 2 rings (SSSR count). The van der Waals surface area contributed by atoms with Crippen LogP contribution in [0.15, 0.2) is 5.38 Å². The summed E-state index contributed by atoms with van der Waals surface area (Å²) in [5.41, 5.74) is 1.10. The Morgan fingerprint density at radius 3 is 2.78 bits per heavy atom. The van der Waals surface area contributed by atoms with Crippen molar-refractivity contribution in [1.82, 2.24) is 14.8 Å². The van der Waals surface area contributed by atoms with Crippen molar-refractivity contribution in [1.29, 1.82) is 0 Å². The molecule has 0 radical (unpaired) electrons. The second kappa shape index (κ2) is 6.61. The summed E-state index contributed by atoms with van der Waals surface area (Å²) >= 11 is 1.72. The topological polar surface area (TPSA) is 39.6 Å². The highest BCUT2D eigenvalue weighted by atomic mass is 32.1. The van der Waals surface area contributed by atoms with Gasteiger partial charge in [-0.2, -0.15) is 0 Å². The average Bonchev–Trinajstić information content (AvgIpc) is 2.75. The molecule has 2 heterocycles. The molecule has 0 bridgehead atoms. The molecule has 0 saturated carbocycles. The number of aliphatic hydroxyl groups is 1. The van der Waals surface area contributed by atoms with Crippen LogP contribution in [-0.2, 0) is 6.54 Å². The van der Waals surface area contributed by atoms with Crippen LogP contribution in [0.1, 0.15) is 23.5 Å². The van der Waals surface area contributed by atoms with Gasteiger partial charge in [0.25, 0.3) is 0 Å². The number of likely N-dealkylation sites (tertiary alicyclic amines) is 1. The van der Waals surface area contributed by atoms with E-state index >= 15 is 0 Å². The van der Waals surface area contributed by atoms with Crippen LogP contribution in [0.25, 0.3) is 0 Å². The van der Waals surface area contributed by atoms with E-state index in [0.29, 0.717) is 6.04 Å². The summed E-state index contributed by atoms with van der Waals surface area (Å²) in [4.78, 5) is 9.30. The van der Waals surface area contributed by atoms with Gasteiger partial charge in [0.15, 0.2) is 0 Å². The minimum atomic E-state index is 0.233. The minimum Gasteiger partial charge on any atom is -0.395 e. The lowest BCUT2D eigenvalue weighted by atomic mass is 10.0. The fourth-order valence-electron chi connectivity index (χ4n) is 2.53. The van der Waals surface area contributed by atoms with Gasteiger partial charge in [0, 0.05) is 23.7 Å². The molecule has 0 aliphatic carbocycles. The van der Waals surface area contributed by atoms with Crippen LogP contribution >= 0.6 is 11.3 Å². The number of aryl methyl sites for hydroxylation is 1. The largest absolute Gasteiger partial charge is 0.395 e. The Morgan fingerprint density at radius 2 is 2.22 bits per heavy atom. The predicted octanol–water partition coefficient (Wildman–Crippen LogP) is 1.34. The van der Waals surface area contributed by atoms with E-state index in [4.69, 9.17) is 0 Å². The molecular weight excluding hydrogens is 246 g/mol. The number of hydrogen-bond acceptors (Lipinski definition) is 5. The van der Waals surface area contributed by atoms with Gasteiger partial charge >= 0.3 is 0 Å². The van der Waals surface area contributed by atoms with E-state index in [1.807, 2.05) is 6.92 Å². The summed E-state index contributed by atoms with van der Waals surface area (Å²) < 4.78 is 0. The van der Waals surface area contributed by atoms with Gasteiger partial charge in [0.2, 0.25) is 0 Å². The molecule has 1 aromatic heterocycles. The van der Waals surface area contributed by atoms with Crippen molar-refractivity contribution in [2.45, 2.75) is 32.4 Å². The lowest BCUT2D eigenvalue weighted by Gasteiger charge is -2.36. The molecule has 0 unspecified atom stereocenters. The fraction of sp³-hybridized carbons (Fsp3) is 0.769. The van der Waals surface area contributed by atoms with Gasteiger partial charge in [-0.15, -0.1) is 11.3 Å². The first-order valence-corrected chi connectivity index (χ1v) is 7.51. The number of aliphatic hydroxyl groups excluding tert-OH is 1. The maximum atomic E-state index is 9.23. The summed E-state index contributed by atoms with van der Waals surface area (Å²) in [5.74, 6) is 0. The molecule has 4 nitrogen and oxygen atoms in total. The van der Waals surface area contributed by atoms with Crippen LogP contribution in [0.2, 0.25) is 0 Å². The van der Waals surface area contributed by atoms with E-state index in [1.54, 1.807) is 11.3 Å². The number of aromatic nitrogens is 1. The van der Waals surface area contributed by atoms with Gasteiger partial charge in [-0.25, -0.2) is 4.98 Å². The first-order valence-electron chi connectivity index (χ1n) is 6.63. The maximum Gasteiger partial charge on any atom is 0.107 e. The Balaban J connectivity index is 1.94. The van der Waals surface area contributed by atoms with Crippen LogP contribution in [0, 0.1) is 6.92 Å². The summed E-state index contributed by atoms with van der Waals surface area (Å²) in [5, 5.41) is 12.5. The molecule has 1 aliphatic heterocycles. The van der Waals surface area contributed by atoms with Crippen LogP contribution in [0.5, 0.6) is 0 Å². The zero-order valence-corrected chi connectivity index (χ0v) is 12.1. The van der Waals surface area contributed by atoms with Crippen molar-refractivity contribution >= 4 is 11.3 Å². The third-order valence-corrected chi connectivity index (χ3v) is 4.55. The van der Waals surface area contributed by atoms with Crippen molar-refractivity contribution in [2.75, 3.05) is 33.3 Å². The van der Waals surface area contributed by atoms with Crippen LogP contribution in [0.4, 0.5) is 0 Å². The Labute approximate surface area is 113 Å². The third-order valence-electron chi connectivity index (χ3n) is 3.60. The second-order valence-corrected chi connectivity index (χ2v) is 6.05. The van der Waals surface area contributed by atoms with E-state index < -0.39 is 0 Å². The molecule has 5 heteroatoms. The molecule has 102 valence electrons. The average molecular weight is 269 g/mol. The minimum absolute atomic E-state index is 0.233. The highest BCUT2D eigenvalue weighted by molar-refractivity contribution is 7.09. The molecule has 1 aromatic rings. The first kappa shape index (κ1) is 13.9. The highest BCUT2D eigenvalue weighted by Gasteiger charge is 2.23. The molecule has 0 amide bonds. The zero-order valence-electron chi connectivity index (χ0n) is 11.3. The van der Waals surface area contributed by atoms with Gasteiger partial charge in [-0.1, -0.05) is 0 Å². The van der Waals surface area contributed by atoms with E-state index in [0.717, 1.165) is 31.9 Å². The number of piperidine rings is 1. The molecular formula is C13H23N3OS. The summed E-state index contributed by atoms with van der Waals surface area (Å²) in [7, 11) is 2.18. The summed E-state index contributed by atoms with van der Waals surface area (Å²) in [6.45, 7) is 6.22. The number of rotatable bonds is 5. The van der Waals surface area contributed by atoms with Gasteiger partial charge in [0.1, 0.15) is 5.01 Å². The van der Waals surface area contributed by atoms with Crippen molar-refractivity contribution in [3.8, 4) is 0 Å². The van der Waals surface area contributed by atoms with E-state index in [-0.39, 0.29) is 6.61 Å². The molecule has 0 spiro atoms. The van der Waals surface area contributed by atoms with Crippen LogP contribution in [0.3, 0.4) is 0 Å². The maximum absolute atomic E-state index is 9.23. The smallest absolute Gasteiger partial charge is 0.107 e. The number of hydrogen-bond donors (Lipinski definition) is 1. The van der Waals surface area contributed by atoms with Gasteiger partial charge in [0.05, 0.1) is 13.2 Å². The molecule has 0 aromatic carbocycles. The van der Waals surface area contributed by atoms with Gasteiger partial charge in [-0.05, 0) is 39.9 Å². The lowest BCUT2D eigenvalue weighted by molar-refractivity contribution is 0.0940. The van der Waals surface area contributed by atoms with Crippen LogP contribution in [-0.4, -0.2) is 59.2 Å². The van der Waals surface area contributed by atoms with Crippen molar-refractivity contribution in [3.05, 3.63) is 16.1 Å². The van der Waals surface area contributed by atoms with E-state index in [1.165, 1.54) is 17.8 Å². The van der Waals surface area contributed by atoms with Crippen molar-refractivity contribution in [2.24, 2.45) is 0 Å². The quantitative estimate of drug-likeness (QED) is 0.875.